The van der Waals surface area contributed by atoms with Crippen LogP contribution in [0.15, 0.2) is 64.2 Å². The molecular formula is C28H31N3O3. The zero-order valence-corrected chi connectivity index (χ0v) is 20.6. The van der Waals surface area contributed by atoms with Crippen LogP contribution in [-0.2, 0) is 24.4 Å². The van der Waals surface area contributed by atoms with E-state index in [1.807, 2.05) is 30.3 Å². The number of aryl methyl sites for hydroxylation is 1. The van der Waals surface area contributed by atoms with Gasteiger partial charge in [0.15, 0.2) is 0 Å². The van der Waals surface area contributed by atoms with Gasteiger partial charge in [0.05, 0.1) is 34.4 Å². The van der Waals surface area contributed by atoms with Crippen LogP contribution in [0.2, 0.25) is 0 Å². The first kappa shape index (κ1) is 22.4. The Morgan fingerprint density at radius 2 is 1.59 bits per heavy atom. The molecule has 1 aliphatic heterocycles. The summed E-state index contributed by atoms with van der Waals surface area (Å²) in [6.45, 7) is 9.05. The van der Waals surface area contributed by atoms with Crippen molar-refractivity contribution in [3.63, 3.8) is 0 Å². The van der Waals surface area contributed by atoms with Gasteiger partial charge in [0, 0.05) is 14.1 Å². The first-order chi connectivity index (χ1) is 16.1. The SMILES string of the molecule is CC(C)c1ccc([C@@H]2OCC(C)(C)n3c(-c4ccccc4)c4c(=O)n(C)c(=O)n(C)c4c32)cc1. The minimum atomic E-state index is -0.422. The van der Waals surface area contributed by atoms with Crippen molar-refractivity contribution in [3.05, 3.63) is 92.3 Å². The Morgan fingerprint density at radius 3 is 2.21 bits per heavy atom. The molecular weight excluding hydrogens is 426 g/mol. The third-order valence-corrected chi connectivity index (χ3v) is 7.02. The summed E-state index contributed by atoms with van der Waals surface area (Å²) in [5.74, 6) is 0.429. The number of nitrogens with zero attached hydrogens (tertiary/aromatic N) is 3. The Hall–Kier alpha value is -3.38. The average molecular weight is 458 g/mol. The van der Waals surface area contributed by atoms with Crippen LogP contribution in [-0.4, -0.2) is 20.3 Å². The second-order valence-electron chi connectivity index (χ2n) is 10.2. The third-order valence-electron chi connectivity index (χ3n) is 7.02. The normalized spacial score (nSPS) is 17.3. The number of hydrogen-bond donors (Lipinski definition) is 0. The first-order valence-corrected chi connectivity index (χ1v) is 11.7. The van der Waals surface area contributed by atoms with E-state index in [-0.39, 0.29) is 11.2 Å². The molecule has 0 spiro atoms. The fourth-order valence-corrected chi connectivity index (χ4v) is 5.18. The summed E-state index contributed by atoms with van der Waals surface area (Å²) in [5.41, 5.74) is 4.47. The van der Waals surface area contributed by atoms with Crippen molar-refractivity contribution in [2.45, 2.75) is 45.3 Å². The summed E-state index contributed by atoms with van der Waals surface area (Å²) in [6, 6.07) is 18.4. The molecule has 6 heteroatoms. The fourth-order valence-electron chi connectivity index (χ4n) is 5.18. The summed E-state index contributed by atoms with van der Waals surface area (Å²) in [6.07, 6.45) is -0.396. The quantitative estimate of drug-likeness (QED) is 0.449. The van der Waals surface area contributed by atoms with Gasteiger partial charge < -0.3 is 9.30 Å². The van der Waals surface area contributed by atoms with Crippen molar-refractivity contribution >= 4 is 10.9 Å². The Balaban J connectivity index is 1.94. The molecule has 176 valence electrons. The molecule has 0 radical (unpaired) electrons. The van der Waals surface area contributed by atoms with E-state index < -0.39 is 11.6 Å². The van der Waals surface area contributed by atoms with E-state index in [4.69, 9.17) is 4.74 Å². The molecule has 0 saturated heterocycles. The predicted molar refractivity (Wildman–Crippen MR) is 136 cm³/mol. The number of rotatable bonds is 3. The zero-order chi connectivity index (χ0) is 24.4. The van der Waals surface area contributed by atoms with Crippen molar-refractivity contribution in [2.75, 3.05) is 6.61 Å². The van der Waals surface area contributed by atoms with Crippen molar-refractivity contribution in [1.82, 2.24) is 13.7 Å². The molecule has 2 aromatic heterocycles. The molecule has 0 N–H and O–H groups in total. The zero-order valence-electron chi connectivity index (χ0n) is 20.6. The maximum atomic E-state index is 13.6. The van der Waals surface area contributed by atoms with Crippen LogP contribution in [0.3, 0.4) is 0 Å². The third kappa shape index (κ3) is 3.20. The Bertz CT molecular complexity index is 1500. The van der Waals surface area contributed by atoms with Gasteiger partial charge in [0.1, 0.15) is 6.10 Å². The van der Waals surface area contributed by atoms with Gasteiger partial charge in [-0.25, -0.2) is 4.79 Å². The monoisotopic (exact) mass is 457 g/mol. The van der Waals surface area contributed by atoms with Crippen molar-refractivity contribution in [3.8, 4) is 11.3 Å². The summed E-state index contributed by atoms with van der Waals surface area (Å²) in [7, 11) is 3.28. The van der Waals surface area contributed by atoms with Gasteiger partial charge >= 0.3 is 5.69 Å². The van der Waals surface area contributed by atoms with Gasteiger partial charge in [0.2, 0.25) is 0 Å². The molecule has 0 aliphatic carbocycles. The summed E-state index contributed by atoms with van der Waals surface area (Å²) in [5, 5.41) is 0.549. The highest BCUT2D eigenvalue weighted by Crippen LogP contribution is 2.45. The molecule has 0 unspecified atom stereocenters. The van der Waals surface area contributed by atoms with Gasteiger partial charge in [-0.2, -0.15) is 0 Å². The molecule has 2 aromatic carbocycles. The van der Waals surface area contributed by atoms with E-state index in [1.165, 1.54) is 10.1 Å². The Kier molecular flexibility index (Phi) is 5.17. The number of hydrogen-bond acceptors (Lipinski definition) is 3. The second kappa shape index (κ2) is 7.84. The predicted octanol–water partition coefficient (Wildman–Crippen LogP) is 4.68. The molecule has 5 rings (SSSR count). The van der Waals surface area contributed by atoms with Crippen LogP contribution in [0.1, 0.15) is 56.5 Å². The van der Waals surface area contributed by atoms with Crippen molar-refractivity contribution < 1.29 is 4.74 Å². The molecule has 0 fully saturated rings. The minimum absolute atomic E-state index is 0.288. The van der Waals surface area contributed by atoms with Crippen LogP contribution < -0.4 is 11.2 Å². The summed E-state index contributed by atoms with van der Waals surface area (Å²) >= 11 is 0. The van der Waals surface area contributed by atoms with E-state index in [2.05, 4.69) is 56.5 Å². The van der Waals surface area contributed by atoms with Crippen LogP contribution in [0, 0.1) is 0 Å². The highest BCUT2D eigenvalue weighted by Gasteiger charge is 2.40. The van der Waals surface area contributed by atoms with Crippen molar-refractivity contribution in [1.29, 1.82) is 0 Å². The smallest absolute Gasteiger partial charge is 0.331 e. The first-order valence-electron chi connectivity index (χ1n) is 11.7. The summed E-state index contributed by atoms with van der Waals surface area (Å²) in [4.78, 5) is 26.6. The minimum Gasteiger partial charge on any atom is -0.365 e. The van der Waals surface area contributed by atoms with E-state index in [0.717, 1.165) is 22.5 Å². The largest absolute Gasteiger partial charge is 0.365 e. The Labute approximate surface area is 199 Å². The number of ether oxygens (including phenoxy) is 1. The molecule has 3 heterocycles. The lowest BCUT2D eigenvalue weighted by molar-refractivity contribution is -0.00707. The highest BCUT2D eigenvalue weighted by molar-refractivity contribution is 5.96. The van der Waals surface area contributed by atoms with Gasteiger partial charge in [-0.1, -0.05) is 68.4 Å². The Morgan fingerprint density at radius 1 is 0.941 bits per heavy atom. The number of fused-ring (bicyclic) bond motifs is 3. The molecule has 0 bridgehead atoms. The van der Waals surface area contributed by atoms with Crippen LogP contribution in [0.4, 0.5) is 0 Å². The molecule has 6 nitrogen and oxygen atoms in total. The molecule has 0 saturated carbocycles. The molecule has 34 heavy (non-hydrogen) atoms. The van der Waals surface area contributed by atoms with Gasteiger partial charge in [-0.05, 0) is 36.5 Å². The molecule has 1 atom stereocenters. The van der Waals surface area contributed by atoms with Crippen LogP contribution in [0.5, 0.6) is 0 Å². The highest BCUT2D eigenvalue weighted by atomic mass is 16.5. The maximum absolute atomic E-state index is 13.6. The van der Waals surface area contributed by atoms with Gasteiger partial charge in [-0.15, -0.1) is 0 Å². The topological polar surface area (TPSA) is 58.2 Å². The van der Waals surface area contributed by atoms with E-state index >= 15 is 0 Å². The van der Waals surface area contributed by atoms with Crippen LogP contribution >= 0.6 is 0 Å². The average Bonchev–Trinajstić information content (AvgIpc) is 3.20. The van der Waals surface area contributed by atoms with E-state index in [0.29, 0.717) is 23.4 Å². The van der Waals surface area contributed by atoms with E-state index in [1.54, 1.807) is 18.7 Å². The van der Waals surface area contributed by atoms with Gasteiger partial charge in [-0.3, -0.25) is 13.9 Å². The second-order valence-corrected chi connectivity index (χ2v) is 10.2. The molecule has 4 aromatic rings. The van der Waals surface area contributed by atoms with Crippen molar-refractivity contribution in [2.24, 2.45) is 14.1 Å². The molecule has 1 aliphatic rings. The maximum Gasteiger partial charge on any atom is 0.331 e. The lowest BCUT2D eigenvalue weighted by Crippen LogP contribution is -2.40. The lowest BCUT2D eigenvalue weighted by atomic mass is 9.95. The molecule has 0 amide bonds. The van der Waals surface area contributed by atoms with Gasteiger partial charge in [0.25, 0.3) is 5.56 Å². The van der Waals surface area contributed by atoms with Crippen LogP contribution in [0.25, 0.3) is 22.2 Å². The standard InChI is InChI=1S/C28H31N3O3/c1-17(2)18-12-14-20(15-13-18)25-24-23-21(26(32)30(6)27(33)29(23)5)22(19-10-8-7-9-11-19)31(24)28(3,4)16-34-25/h7-15,17,25H,16H2,1-6H3/t25-/m0/s1. The van der Waals surface area contributed by atoms with E-state index in [9.17, 15) is 9.59 Å². The number of aromatic nitrogens is 3. The summed E-state index contributed by atoms with van der Waals surface area (Å²) < 4.78 is 11.5. The lowest BCUT2D eigenvalue weighted by Gasteiger charge is -2.39. The fraction of sp³-hybridized carbons (Fsp3) is 0.357. The number of benzene rings is 2.